The summed E-state index contributed by atoms with van der Waals surface area (Å²) in [5.74, 6) is -0.0140. The molecule has 0 spiro atoms. The van der Waals surface area contributed by atoms with Gasteiger partial charge in [0.05, 0.1) is 0 Å². The highest BCUT2D eigenvalue weighted by Gasteiger charge is 2.32. The molecule has 0 radical (unpaired) electrons. The Hall–Kier alpha value is -1.90. The van der Waals surface area contributed by atoms with Gasteiger partial charge in [-0.2, -0.15) is 0 Å². The molecule has 0 saturated heterocycles. The van der Waals surface area contributed by atoms with E-state index in [0.717, 1.165) is 28.9 Å². The minimum Gasteiger partial charge on any atom is -0.358 e. The third kappa shape index (κ3) is 2.17. The highest BCUT2D eigenvalue weighted by molar-refractivity contribution is 6.00. The lowest BCUT2D eigenvalue weighted by atomic mass is 9.76. The van der Waals surface area contributed by atoms with Crippen LogP contribution in [0.2, 0.25) is 0 Å². The SMILES string of the molecule is Cc1cc(-c2cc3c([nH]2)CC(C)(C)CC3=O)ccc1F. The standard InChI is InChI=1S/C17H18FNO/c1-10-6-11(4-5-13(10)18)14-7-12-15(19-14)8-17(2,3)9-16(12)20/h4-7,19H,8-9H2,1-3H3. The van der Waals surface area contributed by atoms with E-state index >= 15 is 0 Å². The van der Waals surface area contributed by atoms with E-state index in [-0.39, 0.29) is 17.0 Å². The quantitative estimate of drug-likeness (QED) is 0.824. The van der Waals surface area contributed by atoms with Crippen LogP contribution in [0.5, 0.6) is 0 Å². The van der Waals surface area contributed by atoms with Crippen molar-refractivity contribution in [3.05, 3.63) is 46.9 Å². The maximum Gasteiger partial charge on any atom is 0.165 e. The topological polar surface area (TPSA) is 32.9 Å². The zero-order valence-corrected chi connectivity index (χ0v) is 12.0. The Morgan fingerprint density at radius 1 is 1.20 bits per heavy atom. The molecule has 20 heavy (non-hydrogen) atoms. The van der Waals surface area contributed by atoms with Crippen molar-refractivity contribution in [2.75, 3.05) is 0 Å². The molecule has 0 aliphatic heterocycles. The summed E-state index contributed by atoms with van der Waals surface area (Å²) < 4.78 is 13.3. The summed E-state index contributed by atoms with van der Waals surface area (Å²) in [5, 5.41) is 0. The van der Waals surface area contributed by atoms with Gasteiger partial charge in [-0.05, 0) is 54.2 Å². The largest absolute Gasteiger partial charge is 0.358 e. The van der Waals surface area contributed by atoms with Crippen molar-refractivity contribution in [1.29, 1.82) is 0 Å². The molecule has 2 nitrogen and oxygen atoms in total. The van der Waals surface area contributed by atoms with Crippen molar-refractivity contribution in [3.8, 4) is 11.3 Å². The molecular formula is C17H18FNO. The number of rotatable bonds is 1. The summed E-state index contributed by atoms with van der Waals surface area (Å²) in [6.45, 7) is 5.96. The van der Waals surface area contributed by atoms with E-state index in [0.29, 0.717) is 12.0 Å². The third-order valence-electron chi connectivity index (χ3n) is 3.96. The van der Waals surface area contributed by atoms with Crippen LogP contribution in [-0.4, -0.2) is 10.8 Å². The number of fused-ring (bicyclic) bond motifs is 1. The molecule has 0 bridgehead atoms. The van der Waals surface area contributed by atoms with E-state index in [2.05, 4.69) is 18.8 Å². The van der Waals surface area contributed by atoms with Gasteiger partial charge in [-0.25, -0.2) is 4.39 Å². The van der Waals surface area contributed by atoms with Crippen LogP contribution < -0.4 is 0 Å². The van der Waals surface area contributed by atoms with E-state index in [1.807, 2.05) is 12.1 Å². The first-order valence-corrected chi connectivity index (χ1v) is 6.87. The van der Waals surface area contributed by atoms with E-state index in [9.17, 15) is 9.18 Å². The van der Waals surface area contributed by atoms with Crippen LogP contribution in [0.1, 0.15) is 41.9 Å². The van der Waals surface area contributed by atoms with Crippen molar-refractivity contribution in [3.63, 3.8) is 0 Å². The van der Waals surface area contributed by atoms with Gasteiger partial charge in [-0.1, -0.05) is 13.8 Å². The van der Waals surface area contributed by atoms with Gasteiger partial charge in [-0.3, -0.25) is 4.79 Å². The molecule has 1 heterocycles. The molecule has 2 aromatic rings. The van der Waals surface area contributed by atoms with Crippen LogP contribution >= 0.6 is 0 Å². The number of carbonyl (C=O) groups excluding carboxylic acids is 1. The first kappa shape index (κ1) is 13.1. The number of halogens is 1. The fraction of sp³-hybridized carbons (Fsp3) is 0.353. The second-order valence-electron chi connectivity index (χ2n) is 6.48. The zero-order chi connectivity index (χ0) is 14.5. The second kappa shape index (κ2) is 4.30. The van der Waals surface area contributed by atoms with Crippen molar-refractivity contribution < 1.29 is 9.18 Å². The first-order chi connectivity index (χ1) is 9.35. The number of hydrogen-bond donors (Lipinski definition) is 1. The lowest BCUT2D eigenvalue weighted by molar-refractivity contribution is 0.0912. The molecule has 104 valence electrons. The molecule has 1 aromatic carbocycles. The normalized spacial score (nSPS) is 17.1. The van der Waals surface area contributed by atoms with Gasteiger partial charge in [-0.15, -0.1) is 0 Å². The molecule has 0 fully saturated rings. The number of benzene rings is 1. The molecule has 3 heteroatoms. The summed E-state index contributed by atoms with van der Waals surface area (Å²) in [7, 11) is 0. The Labute approximate surface area is 118 Å². The summed E-state index contributed by atoms with van der Waals surface area (Å²) in [5.41, 5.74) is 4.23. The molecule has 1 aliphatic rings. The van der Waals surface area contributed by atoms with Crippen LogP contribution in [0.3, 0.4) is 0 Å². The van der Waals surface area contributed by atoms with Crippen molar-refractivity contribution >= 4 is 5.78 Å². The predicted molar refractivity (Wildman–Crippen MR) is 77.4 cm³/mol. The van der Waals surface area contributed by atoms with E-state index in [1.165, 1.54) is 6.07 Å². The highest BCUT2D eigenvalue weighted by atomic mass is 19.1. The molecule has 1 aromatic heterocycles. The van der Waals surface area contributed by atoms with Gasteiger partial charge in [0.15, 0.2) is 5.78 Å². The number of H-pyrrole nitrogens is 1. The van der Waals surface area contributed by atoms with Crippen LogP contribution in [0, 0.1) is 18.2 Å². The molecule has 0 saturated carbocycles. The minimum absolute atomic E-state index is 0.00488. The second-order valence-corrected chi connectivity index (χ2v) is 6.48. The van der Waals surface area contributed by atoms with Crippen molar-refractivity contribution in [2.45, 2.75) is 33.6 Å². The monoisotopic (exact) mass is 271 g/mol. The number of nitrogens with one attached hydrogen (secondary N) is 1. The zero-order valence-electron chi connectivity index (χ0n) is 12.0. The fourth-order valence-electron chi connectivity index (χ4n) is 2.92. The van der Waals surface area contributed by atoms with Crippen LogP contribution in [0.25, 0.3) is 11.3 Å². The number of carbonyl (C=O) groups is 1. The van der Waals surface area contributed by atoms with Crippen molar-refractivity contribution in [2.24, 2.45) is 5.41 Å². The van der Waals surface area contributed by atoms with Gasteiger partial charge in [0, 0.05) is 23.4 Å². The fourth-order valence-corrected chi connectivity index (χ4v) is 2.92. The molecular weight excluding hydrogens is 253 g/mol. The Bertz CT molecular complexity index is 697. The molecule has 0 amide bonds. The Morgan fingerprint density at radius 3 is 2.65 bits per heavy atom. The minimum atomic E-state index is -0.206. The van der Waals surface area contributed by atoms with Gasteiger partial charge < -0.3 is 4.98 Å². The smallest absolute Gasteiger partial charge is 0.165 e. The lowest BCUT2D eigenvalue weighted by Gasteiger charge is -2.27. The van der Waals surface area contributed by atoms with Crippen LogP contribution in [0.15, 0.2) is 24.3 Å². The number of hydrogen-bond acceptors (Lipinski definition) is 1. The average molecular weight is 271 g/mol. The number of ketones is 1. The Morgan fingerprint density at radius 2 is 1.95 bits per heavy atom. The molecule has 1 aliphatic carbocycles. The van der Waals surface area contributed by atoms with Gasteiger partial charge in [0.2, 0.25) is 0 Å². The third-order valence-corrected chi connectivity index (χ3v) is 3.96. The molecule has 0 atom stereocenters. The summed E-state index contributed by atoms with van der Waals surface area (Å²) in [6.07, 6.45) is 1.45. The number of Topliss-reactive ketones (excluding diaryl/α,β-unsaturated/α-hetero) is 1. The number of aromatic nitrogens is 1. The van der Waals surface area contributed by atoms with E-state index in [4.69, 9.17) is 0 Å². The van der Waals surface area contributed by atoms with E-state index in [1.54, 1.807) is 13.0 Å². The summed E-state index contributed by atoms with van der Waals surface area (Å²) in [6, 6.07) is 6.92. The summed E-state index contributed by atoms with van der Waals surface area (Å²) >= 11 is 0. The number of aryl methyl sites for hydroxylation is 1. The maximum absolute atomic E-state index is 13.3. The van der Waals surface area contributed by atoms with Crippen LogP contribution in [-0.2, 0) is 6.42 Å². The molecule has 3 rings (SSSR count). The molecule has 1 N–H and O–H groups in total. The van der Waals surface area contributed by atoms with Crippen LogP contribution in [0.4, 0.5) is 4.39 Å². The first-order valence-electron chi connectivity index (χ1n) is 6.87. The van der Waals surface area contributed by atoms with Gasteiger partial charge in [0.25, 0.3) is 0 Å². The maximum atomic E-state index is 13.3. The van der Waals surface area contributed by atoms with Gasteiger partial charge in [0.1, 0.15) is 5.82 Å². The Balaban J connectivity index is 2.05. The van der Waals surface area contributed by atoms with Crippen molar-refractivity contribution in [1.82, 2.24) is 4.98 Å². The summed E-state index contributed by atoms with van der Waals surface area (Å²) in [4.78, 5) is 15.5. The Kier molecular flexibility index (Phi) is 2.82. The highest BCUT2D eigenvalue weighted by Crippen LogP contribution is 2.36. The van der Waals surface area contributed by atoms with E-state index < -0.39 is 0 Å². The van der Waals surface area contributed by atoms with Gasteiger partial charge >= 0.3 is 0 Å². The molecule has 0 unspecified atom stereocenters. The number of aromatic amines is 1. The average Bonchev–Trinajstić information content (AvgIpc) is 2.75. The lowest BCUT2D eigenvalue weighted by Crippen LogP contribution is -2.26. The predicted octanol–water partition coefficient (Wildman–Crippen LogP) is 4.28.